The zero-order chi connectivity index (χ0) is 21.0. The van der Waals surface area contributed by atoms with E-state index in [0.717, 1.165) is 39.8 Å². The van der Waals surface area contributed by atoms with Crippen molar-refractivity contribution < 1.29 is 29.5 Å². The molecule has 0 radical (unpaired) electrons. The van der Waals surface area contributed by atoms with Gasteiger partial charge in [0, 0.05) is 6.42 Å². The smallest absolute Gasteiger partial charge is 0.128 e. The lowest BCUT2D eigenvalue weighted by Gasteiger charge is -2.34. The molecule has 1 aliphatic rings. The van der Waals surface area contributed by atoms with E-state index in [1.54, 1.807) is 28.4 Å². The lowest BCUT2D eigenvalue weighted by atomic mass is 9.81. The Bertz CT molecular complexity index is 884. The Morgan fingerprint density at radius 3 is 1.93 bits per heavy atom. The average Bonchev–Trinajstić information content (AvgIpc) is 2.78. The van der Waals surface area contributed by atoms with Crippen molar-refractivity contribution in [2.24, 2.45) is 11.1 Å². The minimum absolute atomic E-state index is 0.00820. The van der Waals surface area contributed by atoms with Gasteiger partial charge in [0.05, 0.1) is 51.2 Å². The summed E-state index contributed by atoms with van der Waals surface area (Å²) in [7, 11) is 6.59. The number of nitrogens with zero attached hydrogens (tertiary/aromatic N) is 1. The number of piperidine rings is 1. The Morgan fingerprint density at radius 1 is 0.862 bits per heavy atom. The Hall–Kier alpha value is -2.93. The van der Waals surface area contributed by atoms with Crippen LogP contribution in [0.25, 0.3) is 0 Å². The van der Waals surface area contributed by atoms with E-state index >= 15 is 0 Å². The molecule has 29 heavy (non-hydrogen) atoms. The van der Waals surface area contributed by atoms with Gasteiger partial charge in [0.1, 0.15) is 35.1 Å². The third kappa shape index (κ3) is 4.10. The van der Waals surface area contributed by atoms with E-state index in [-0.39, 0.29) is 18.0 Å². The number of nitrogens with two attached hydrogens (primary N) is 1. The molecule has 0 saturated carbocycles. The van der Waals surface area contributed by atoms with Crippen LogP contribution in [0.3, 0.4) is 0 Å². The molecule has 0 aromatic heterocycles. The van der Waals surface area contributed by atoms with Crippen LogP contribution in [0.15, 0.2) is 41.6 Å². The minimum Gasteiger partial charge on any atom is -0.497 e. The molecule has 156 valence electrons. The summed E-state index contributed by atoms with van der Waals surface area (Å²) in [5.41, 5.74) is 2.72. The molecule has 3 atom stereocenters. The van der Waals surface area contributed by atoms with E-state index in [4.69, 9.17) is 18.9 Å². The predicted octanol–water partition coefficient (Wildman–Crippen LogP) is 2.94. The van der Waals surface area contributed by atoms with Crippen LogP contribution in [0.2, 0.25) is 0 Å². The number of rotatable bonds is 6. The number of methoxy groups -OCH3 is 4. The molecule has 0 aliphatic carbocycles. The van der Waals surface area contributed by atoms with Crippen LogP contribution < -0.4 is 24.3 Å². The molecule has 0 spiro atoms. The van der Waals surface area contributed by atoms with E-state index < -0.39 is 0 Å². The summed E-state index contributed by atoms with van der Waals surface area (Å²) >= 11 is 0. The van der Waals surface area contributed by atoms with Crippen molar-refractivity contribution in [1.29, 1.82) is 0 Å². The second-order valence-corrected chi connectivity index (χ2v) is 7.12. The van der Waals surface area contributed by atoms with Gasteiger partial charge >= 0.3 is 0 Å². The summed E-state index contributed by atoms with van der Waals surface area (Å²) in [5.74, 6) is 3.06. The first-order valence-corrected chi connectivity index (χ1v) is 9.55. The number of oxime groups is 1. The normalized spacial score (nSPS) is 22.9. The first-order chi connectivity index (χ1) is 14.1. The standard InChI is InChI=1S/C22H28N2O5/c1-13-18(24-25)12-19(16-10-14(26-2)6-8-20(16)28-4)23-22(13)17-11-15(27-3)7-9-21(17)29-5/h6-11,13,19,22-23,25H,12H2,1-5H3/p+1/b24-18+/t13-,19-,22+/m0/s1. The zero-order valence-corrected chi connectivity index (χ0v) is 17.5. The molecule has 0 unspecified atom stereocenters. The van der Waals surface area contributed by atoms with Gasteiger partial charge in [-0.1, -0.05) is 12.1 Å². The molecular formula is C22H29N2O5+. The number of hydrogen-bond donors (Lipinski definition) is 2. The van der Waals surface area contributed by atoms with Crippen molar-refractivity contribution in [3.8, 4) is 23.0 Å². The highest BCUT2D eigenvalue weighted by atomic mass is 16.5. The maximum Gasteiger partial charge on any atom is 0.128 e. The lowest BCUT2D eigenvalue weighted by Crippen LogP contribution is -2.90. The van der Waals surface area contributed by atoms with Crippen LogP contribution >= 0.6 is 0 Å². The molecule has 7 nitrogen and oxygen atoms in total. The highest BCUT2D eigenvalue weighted by molar-refractivity contribution is 5.87. The topological polar surface area (TPSA) is 86.1 Å². The van der Waals surface area contributed by atoms with Crippen LogP contribution in [-0.4, -0.2) is 39.4 Å². The van der Waals surface area contributed by atoms with E-state index in [1.807, 2.05) is 36.4 Å². The fraction of sp³-hybridized carbons (Fsp3) is 0.409. The van der Waals surface area contributed by atoms with Gasteiger partial charge in [-0.2, -0.15) is 0 Å². The van der Waals surface area contributed by atoms with Crippen LogP contribution in [-0.2, 0) is 0 Å². The molecule has 2 aromatic rings. The van der Waals surface area contributed by atoms with Gasteiger partial charge in [0.25, 0.3) is 0 Å². The monoisotopic (exact) mass is 401 g/mol. The minimum atomic E-state index is -0.0272. The van der Waals surface area contributed by atoms with E-state index in [9.17, 15) is 5.21 Å². The number of quaternary nitrogens is 1. The summed E-state index contributed by atoms with van der Waals surface area (Å²) in [6.45, 7) is 2.06. The van der Waals surface area contributed by atoms with Crippen LogP contribution in [0.4, 0.5) is 0 Å². The average molecular weight is 401 g/mol. The third-order valence-corrected chi connectivity index (χ3v) is 5.69. The van der Waals surface area contributed by atoms with Crippen LogP contribution in [0, 0.1) is 5.92 Å². The summed E-state index contributed by atoms with van der Waals surface area (Å²) < 4.78 is 22.0. The summed E-state index contributed by atoms with van der Waals surface area (Å²) in [4.78, 5) is 0. The zero-order valence-electron chi connectivity index (χ0n) is 17.5. The maximum atomic E-state index is 9.71. The Kier molecular flexibility index (Phi) is 6.49. The largest absolute Gasteiger partial charge is 0.497 e. The van der Waals surface area contributed by atoms with Crippen LogP contribution in [0.1, 0.15) is 36.6 Å². The first kappa shape index (κ1) is 20.8. The molecule has 0 amide bonds. The number of hydrogen-bond acceptors (Lipinski definition) is 6. The van der Waals surface area contributed by atoms with Gasteiger partial charge in [-0.25, -0.2) is 0 Å². The van der Waals surface area contributed by atoms with Crippen molar-refractivity contribution >= 4 is 5.71 Å². The van der Waals surface area contributed by atoms with E-state index in [2.05, 4.69) is 17.4 Å². The first-order valence-electron chi connectivity index (χ1n) is 9.55. The highest BCUT2D eigenvalue weighted by Crippen LogP contribution is 2.38. The summed E-state index contributed by atoms with van der Waals surface area (Å²) in [6.07, 6.45) is 0.601. The summed E-state index contributed by atoms with van der Waals surface area (Å²) in [5, 5.41) is 15.6. The SMILES string of the molecule is COc1ccc(OC)c([C@@H]2C/C(=N\O)[C@H](C)[C@H](c3cc(OC)ccc3OC)[NH2+]2)c1. The second kappa shape index (κ2) is 9.05. The lowest BCUT2D eigenvalue weighted by molar-refractivity contribution is -0.741. The molecule has 2 aromatic carbocycles. The van der Waals surface area contributed by atoms with Crippen LogP contribution in [0.5, 0.6) is 23.0 Å². The molecule has 0 bridgehead atoms. The van der Waals surface area contributed by atoms with Gasteiger partial charge in [-0.05, 0) is 36.4 Å². The van der Waals surface area contributed by atoms with Crippen molar-refractivity contribution in [2.75, 3.05) is 28.4 Å². The molecule has 1 fully saturated rings. The van der Waals surface area contributed by atoms with Crippen molar-refractivity contribution in [3.63, 3.8) is 0 Å². The van der Waals surface area contributed by atoms with E-state index in [0.29, 0.717) is 6.42 Å². The molecule has 1 aliphatic heterocycles. The van der Waals surface area contributed by atoms with Crippen molar-refractivity contribution in [3.05, 3.63) is 47.5 Å². The molecule has 1 heterocycles. The molecule has 3 N–H and O–H groups in total. The number of ether oxygens (including phenoxy) is 4. The summed E-state index contributed by atoms with van der Waals surface area (Å²) in [6, 6.07) is 11.5. The fourth-order valence-corrected chi connectivity index (χ4v) is 4.05. The van der Waals surface area contributed by atoms with Crippen molar-refractivity contribution in [1.82, 2.24) is 0 Å². The molecule has 3 rings (SSSR count). The molecule has 1 saturated heterocycles. The van der Waals surface area contributed by atoms with Crippen molar-refractivity contribution in [2.45, 2.75) is 25.4 Å². The van der Waals surface area contributed by atoms with E-state index in [1.165, 1.54) is 0 Å². The molecule has 7 heteroatoms. The quantitative estimate of drug-likeness (QED) is 0.574. The fourth-order valence-electron chi connectivity index (χ4n) is 4.05. The maximum absolute atomic E-state index is 9.71. The highest BCUT2D eigenvalue weighted by Gasteiger charge is 2.40. The second-order valence-electron chi connectivity index (χ2n) is 7.12. The van der Waals surface area contributed by atoms with Gasteiger partial charge < -0.3 is 29.5 Å². The van der Waals surface area contributed by atoms with Gasteiger partial charge in [-0.3, -0.25) is 0 Å². The Balaban J connectivity index is 2.07. The third-order valence-electron chi connectivity index (χ3n) is 5.69. The Labute approximate surface area is 171 Å². The molecular weight excluding hydrogens is 372 g/mol. The van der Waals surface area contributed by atoms with Gasteiger partial charge in [-0.15, -0.1) is 0 Å². The van der Waals surface area contributed by atoms with Gasteiger partial charge in [0.2, 0.25) is 0 Å². The Morgan fingerprint density at radius 2 is 1.41 bits per heavy atom. The number of benzene rings is 2. The predicted molar refractivity (Wildman–Crippen MR) is 110 cm³/mol. The van der Waals surface area contributed by atoms with Gasteiger partial charge in [0.15, 0.2) is 0 Å².